The molecule has 0 fully saturated rings. The summed E-state index contributed by atoms with van der Waals surface area (Å²) in [4.78, 5) is 8.01. The van der Waals surface area contributed by atoms with Crippen LogP contribution in [-0.2, 0) is 19.6 Å². The highest BCUT2D eigenvalue weighted by molar-refractivity contribution is 6.32. The van der Waals surface area contributed by atoms with Gasteiger partial charge in [0, 0.05) is 47.7 Å². The number of benzene rings is 3. The molecule has 0 radical (unpaired) electrons. The Balaban J connectivity index is 1.41. The zero-order valence-corrected chi connectivity index (χ0v) is 22.8. The molecule has 4 aromatic rings. The summed E-state index contributed by atoms with van der Waals surface area (Å²) in [6, 6.07) is 16.2. The van der Waals surface area contributed by atoms with Gasteiger partial charge in [-0.2, -0.15) is 0 Å². The van der Waals surface area contributed by atoms with E-state index in [1.54, 1.807) is 30.6 Å². The molecule has 0 aliphatic heterocycles. The van der Waals surface area contributed by atoms with Crippen molar-refractivity contribution in [2.75, 3.05) is 6.61 Å². The Hall–Kier alpha value is -3.23. The second kappa shape index (κ2) is 12.3. The molecule has 6 nitrogen and oxygen atoms in total. The van der Waals surface area contributed by atoms with Crippen LogP contribution in [0.1, 0.15) is 41.7 Å². The number of aromatic nitrogens is 2. The fourth-order valence-electron chi connectivity index (χ4n) is 4.69. The first-order valence-electron chi connectivity index (χ1n) is 12.7. The molecular formula is C30H28Cl2FN3O3. The van der Waals surface area contributed by atoms with E-state index in [2.05, 4.69) is 15.3 Å². The maximum absolute atomic E-state index is 14.6. The van der Waals surface area contributed by atoms with Crippen molar-refractivity contribution in [2.24, 2.45) is 0 Å². The number of fused-ring (bicyclic) bond motifs is 1. The van der Waals surface area contributed by atoms with Crippen LogP contribution in [0.4, 0.5) is 4.39 Å². The number of aliphatic hydroxyl groups is 1. The van der Waals surface area contributed by atoms with E-state index in [0.29, 0.717) is 28.6 Å². The summed E-state index contributed by atoms with van der Waals surface area (Å²) >= 11 is 12.5. The van der Waals surface area contributed by atoms with E-state index in [1.165, 1.54) is 6.07 Å². The van der Waals surface area contributed by atoms with Gasteiger partial charge in [-0.1, -0.05) is 48.0 Å². The highest BCUT2D eigenvalue weighted by atomic mass is 35.5. The smallest absolute Gasteiger partial charge is 0.222 e. The van der Waals surface area contributed by atoms with Crippen molar-refractivity contribution in [3.05, 3.63) is 105 Å². The average molecular weight is 568 g/mol. The SMILES string of the molecule is C[C@H](CO)NCc1cc(Cl)c(O[C@H]2CCc3c(-c4ccccc4F)cccc32)cc1OCc1cnc(Cl)nc1. The van der Waals surface area contributed by atoms with E-state index in [4.69, 9.17) is 32.7 Å². The topological polar surface area (TPSA) is 76.5 Å². The second-order valence-corrected chi connectivity index (χ2v) is 10.2. The number of halogens is 3. The molecule has 1 aromatic heterocycles. The Labute approximate surface area is 236 Å². The van der Waals surface area contributed by atoms with E-state index in [0.717, 1.165) is 40.7 Å². The zero-order chi connectivity index (χ0) is 27.4. The number of hydrogen-bond acceptors (Lipinski definition) is 6. The van der Waals surface area contributed by atoms with Crippen molar-refractivity contribution in [3.8, 4) is 22.6 Å². The first-order valence-corrected chi connectivity index (χ1v) is 13.5. The van der Waals surface area contributed by atoms with Gasteiger partial charge in [0.1, 0.15) is 30.0 Å². The van der Waals surface area contributed by atoms with Crippen molar-refractivity contribution < 1.29 is 19.0 Å². The summed E-state index contributed by atoms with van der Waals surface area (Å²) in [6.07, 6.45) is 4.49. The number of aliphatic hydroxyl groups excluding tert-OH is 1. The molecule has 0 unspecified atom stereocenters. The van der Waals surface area contributed by atoms with Crippen molar-refractivity contribution in [1.29, 1.82) is 0 Å². The fourth-order valence-corrected chi connectivity index (χ4v) is 5.01. The summed E-state index contributed by atoms with van der Waals surface area (Å²) < 4.78 is 27.2. The first kappa shape index (κ1) is 27.3. The van der Waals surface area contributed by atoms with Crippen LogP contribution in [0.15, 0.2) is 67.0 Å². The van der Waals surface area contributed by atoms with Gasteiger partial charge in [0.05, 0.1) is 11.6 Å². The van der Waals surface area contributed by atoms with Gasteiger partial charge in [-0.15, -0.1) is 0 Å². The van der Waals surface area contributed by atoms with Crippen LogP contribution in [0.5, 0.6) is 11.5 Å². The Morgan fingerprint density at radius 2 is 1.82 bits per heavy atom. The summed E-state index contributed by atoms with van der Waals surface area (Å²) in [5, 5.41) is 13.3. The molecule has 9 heteroatoms. The second-order valence-electron chi connectivity index (χ2n) is 9.50. The van der Waals surface area contributed by atoms with Gasteiger partial charge in [0.25, 0.3) is 0 Å². The lowest BCUT2D eigenvalue weighted by atomic mass is 9.96. The van der Waals surface area contributed by atoms with Gasteiger partial charge in [0.2, 0.25) is 5.28 Å². The van der Waals surface area contributed by atoms with Crippen molar-refractivity contribution in [2.45, 2.75) is 45.1 Å². The third-order valence-electron chi connectivity index (χ3n) is 6.75. The zero-order valence-electron chi connectivity index (χ0n) is 21.3. The highest BCUT2D eigenvalue weighted by Gasteiger charge is 2.28. The molecular weight excluding hydrogens is 540 g/mol. The lowest BCUT2D eigenvalue weighted by Gasteiger charge is -2.20. The molecule has 1 aliphatic rings. The average Bonchev–Trinajstić information content (AvgIpc) is 3.36. The first-order chi connectivity index (χ1) is 18.9. The van der Waals surface area contributed by atoms with E-state index >= 15 is 0 Å². The molecule has 0 spiro atoms. The normalized spacial score (nSPS) is 15.2. The van der Waals surface area contributed by atoms with Crippen LogP contribution in [0, 0.1) is 5.82 Å². The van der Waals surface area contributed by atoms with Crippen LogP contribution in [0.3, 0.4) is 0 Å². The Morgan fingerprint density at radius 3 is 2.59 bits per heavy atom. The lowest BCUT2D eigenvalue weighted by Crippen LogP contribution is -2.28. The molecule has 39 heavy (non-hydrogen) atoms. The summed E-state index contributed by atoms with van der Waals surface area (Å²) in [7, 11) is 0. The van der Waals surface area contributed by atoms with Gasteiger partial charge in [0.15, 0.2) is 0 Å². The van der Waals surface area contributed by atoms with Crippen molar-refractivity contribution in [1.82, 2.24) is 15.3 Å². The van der Waals surface area contributed by atoms with E-state index in [9.17, 15) is 9.50 Å². The number of nitrogens with one attached hydrogen (secondary N) is 1. The summed E-state index contributed by atoms with van der Waals surface area (Å²) in [6.45, 7) is 2.55. The van der Waals surface area contributed by atoms with Crippen LogP contribution < -0.4 is 14.8 Å². The lowest BCUT2D eigenvalue weighted by molar-refractivity contribution is 0.205. The van der Waals surface area contributed by atoms with Gasteiger partial charge in [-0.05, 0) is 60.2 Å². The molecule has 3 aromatic carbocycles. The van der Waals surface area contributed by atoms with E-state index < -0.39 is 0 Å². The molecule has 2 N–H and O–H groups in total. The van der Waals surface area contributed by atoms with Crippen molar-refractivity contribution in [3.63, 3.8) is 0 Å². The van der Waals surface area contributed by atoms with E-state index in [1.807, 2.05) is 37.3 Å². The number of rotatable bonds is 10. The number of nitrogens with zero attached hydrogens (tertiary/aromatic N) is 2. The quantitative estimate of drug-likeness (QED) is 0.207. The minimum atomic E-state index is -0.245. The van der Waals surface area contributed by atoms with Gasteiger partial charge in [-0.3, -0.25) is 0 Å². The van der Waals surface area contributed by atoms with Crippen LogP contribution in [0.25, 0.3) is 11.1 Å². The summed E-state index contributed by atoms with van der Waals surface area (Å²) in [5.41, 5.74) is 5.15. The predicted molar refractivity (Wildman–Crippen MR) is 150 cm³/mol. The van der Waals surface area contributed by atoms with Crippen LogP contribution in [0.2, 0.25) is 10.3 Å². The van der Waals surface area contributed by atoms with E-state index in [-0.39, 0.29) is 36.5 Å². The highest BCUT2D eigenvalue weighted by Crippen LogP contribution is 2.43. The predicted octanol–water partition coefficient (Wildman–Crippen LogP) is 6.71. The van der Waals surface area contributed by atoms with Gasteiger partial charge in [-0.25, -0.2) is 14.4 Å². The van der Waals surface area contributed by atoms with Crippen LogP contribution in [-0.4, -0.2) is 27.7 Å². The van der Waals surface area contributed by atoms with Gasteiger partial charge >= 0.3 is 0 Å². The molecule has 202 valence electrons. The Kier molecular flexibility index (Phi) is 8.63. The van der Waals surface area contributed by atoms with Crippen molar-refractivity contribution >= 4 is 23.2 Å². The number of hydrogen-bond donors (Lipinski definition) is 2. The van der Waals surface area contributed by atoms with Gasteiger partial charge < -0.3 is 19.9 Å². The third-order valence-corrected chi connectivity index (χ3v) is 7.24. The molecule has 0 saturated heterocycles. The minimum Gasteiger partial charge on any atom is -0.488 e. The fraction of sp³-hybridized carbons (Fsp3) is 0.267. The largest absolute Gasteiger partial charge is 0.488 e. The Morgan fingerprint density at radius 1 is 1.05 bits per heavy atom. The molecule has 2 atom stereocenters. The standard InChI is InChI=1S/C30H28Cl2FN3O3/c1-18(16-37)34-15-20-11-25(31)29(12-28(20)38-17-19-13-35-30(32)36-14-19)39-27-10-9-22-21(6-4-7-24(22)27)23-5-2-3-8-26(23)33/h2-8,11-14,18,27,34,37H,9-10,15-17H2,1H3/t18-,27+/m1/s1. The molecule has 0 amide bonds. The maximum Gasteiger partial charge on any atom is 0.222 e. The maximum atomic E-state index is 14.6. The summed E-state index contributed by atoms with van der Waals surface area (Å²) in [5.74, 6) is 0.832. The molecule has 1 aliphatic carbocycles. The third kappa shape index (κ3) is 6.34. The van der Waals surface area contributed by atoms with Crippen LogP contribution >= 0.6 is 23.2 Å². The molecule has 0 saturated carbocycles. The minimum absolute atomic E-state index is 0.00316. The molecule has 0 bridgehead atoms. The number of ether oxygens (including phenoxy) is 2. The monoisotopic (exact) mass is 567 g/mol. The molecule has 1 heterocycles. The molecule has 5 rings (SSSR count). The Bertz CT molecular complexity index is 1450.